The molecule has 0 aliphatic heterocycles. The fourth-order valence-corrected chi connectivity index (χ4v) is 2.08. The zero-order valence-electron chi connectivity index (χ0n) is 8.75. The lowest BCUT2D eigenvalue weighted by atomic mass is 10.1. The summed E-state index contributed by atoms with van der Waals surface area (Å²) in [7, 11) is 0. The molecule has 0 aliphatic carbocycles. The van der Waals surface area contributed by atoms with E-state index >= 15 is 0 Å². The minimum Gasteiger partial charge on any atom is -0.201 e. The molecule has 19 heavy (non-hydrogen) atoms. The second-order valence-corrected chi connectivity index (χ2v) is 4.66. The minimum absolute atomic E-state index is 0.0335. The highest BCUT2D eigenvalue weighted by atomic mass is 35.5. The topological polar surface area (TPSA) is 12.9 Å². The van der Waals surface area contributed by atoms with E-state index in [1.54, 1.807) is 0 Å². The Morgan fingerprint density at radius 3 is 1.74 bits per heavy atom. The lowest BCUT2D eigenvalue weighted by Crippen LogP contribution is -2.03. The van der Waals surface area contributed by atoms with Crippen molar-refractivity contribution < 1.29 is 17.6 Å². The zero-order chi connectivity index (χ0) is 14.3. The molecule has 1 heterocycles. The molecule has 1 nitrogen and oxygen atoms in total. The maximum absolute atomic E-state index is 13.6. The van der Waals surface area contributed by atoms with Crippen LogP contribution >= 0.6 is 34.8 Å². The standard InChI is InChI=1S/C11H2Cl3F4N/c12-4-2-6(14)5(13)1-3(4)7-8(15)10(17)19-11(18)9(7)16/h1-2H. The quantitative estimate of drug-likeness (QED) is 0.394. The van der Waals surface area contributed by atoms with Crippen LogP contribution in [0.25, 0.3) is 11.1 Å². The highest BCUT2D eigenvalue weighted by Gasteiger charge is 2.24. The largest absolute Gasteiger partial charge is 0.252 e. The molecular formula is C11H2Cl3F4N. The smallest absolute Gasteiger partial charge is 0.201 e. The van der Waals surface area contributed by atoms with Gasteiger partial charge < -0.3 is 0 Å². The molecule has 8 heteroatoms. The molecule has 0 aliphatic rings. The van der Waals surface area contributed by atoms with Crippen LogP contribution in [0.2, 0.25) is 15.1 Å². The molecule has 0 N–H and O–H groups in total. The van der Waals surface area contributed by atoms with Crippen LogP contribution in [0.15, 0.2) is 12.1 Å². The van der Waals surface area contributed by atoms with Crippen LogP contribution < -0.4 is 0 Å². The molecule has 0 unspecified atom stereocenters. The normalized spacial score (nSPS) is 10.9. The van der Waals surface area contributed by atoms with Crippen LogP contribution in [0.1, 0.15) is 0 Å². The van der Waals surface area contributed by atoms with E-state index in [0.717, 1.165) is 12.1 Å². The Kier molecular flexibility index (Phi) is 3.90. The van der Waals surface area contributed by atoms with Crippen LogP contribution in [0.5, 0.6) is 0 Å². The van der Waals surface area contributed by atoms with Crippen molar-refractivity contribution in [3.05, 3.63) is 50.7 Å². The third-order valence-corrected chi connectivity index (χ3v) is 3.31. The average molecular weight is 330 g/mol. The molecular weight excluding hydrogens is 328 g/mol. The van der Waals surface area contributed by atoms with Gasteiger partial charge in [-0.2, -0.15) is 13.8 Å². The first-order chi connectivity index (χ1) is 8.82. The second kappa shape index (κ2) is 5.15. The molecule has 0 amide bonds. The summed E-state index contributed by atoms with van der Waals surface area (Å²) in [5.74, 6) is -6.90. The van der Waals surface area contributed by atoms with Gasteiger partial charge >= 0.3 is 0 Å². The predicted molar refractivity (Wildman–Crippen MR) is 64.5 cm³/mol. The molecule has 2 rings (SSSR count). The van der Waals surface area contributed by atoms with E-state index < -0.39 is 29.1 Å². The van der Waals surface area contributed by atoms with Crippen LogP contribution in [0, 0.1) is 23.5 Å². The molecule has 0 saturated heterocycles. The summed E-state index contributed by atoms with van der Waals surface area (Å²) in [6, 6.07) is 2.11. The van der Waals surface area contributed by atoms with Gasteiger partial charge in [-0.15, -0.1) is 0 Å². The summed E-state index contributed by atoms with van der Waals surface area (Å²) >= 11 is 17.1. The Labute approximate surface area is 119 Å². The molecule has 0 saturated carbocycles. The molecule has 0 fully saturated rings. The third-order valence-electron chi connectivity index (χ3n) is 2.28. The van der Waals surface area contributed by atoms with Gasteiger partial charge in [-0.25, -0.2) is 8.78 Å². The molecule has 1 aromatic carbocycles. The van der Waals surface area contributed by atoms with Gasteiger partial charge in [0.2, 0.25) is 0 Å². The highest BCUT2D eigenvalue weighted by molar-refractivity contribution is 6.44. The Bertz CT molecular complexity index is 649. The molecule has 0 radical (unpaired) electrons. The Morgan fingerprint density at radius 1 is 0.737 bits per heavy atom. The predicted octanol–water partition coefficient (Wildman–Crippen LogP) is 5.27. The molecule has 2 aromatic rings. The van der Waals surface area contributed by atoms with Crippen molar-refractivity contribution >= 4 is 34.8 Å². The molecule has 1 aromatic heterocycles. The summed E-state index contributed by atoms with van der Waals surface area (Å²) in [6.07, 6.45) is 0. The summed E-state index contributed by atoms with van der Waals surface area (Å²) in [4.78, 5) is 2.44. The Hall–Kier alpha value is -1.04. The van der Waals surface area contributed by atoms with E-state index in [0.29, 0.717) is 0 Å². The van der Waals surface area contributed by atoms with Gasteiger partial charge in [-0.1, -0.05) is 34.8 Å². The van der Waals surface area contributed by atoms with Crippen molar-refractivity contribution in [3.63, 3.8) is 0 Å². The number of halogens is 7. The molecule has 100 valence electrons. The van der Waals surface area contributed by atoms with E-state index in [-0.39, 0.29) is 20.6 Å². The number of benzene rings is 1. The first-order valence-corrected chi connectivity index (χ1v) is 5.81. The van der Waals surface area contributed by atoms with Gasteiger partial charge in [0.15, 0.2) is 11.6 Å². The number of pyridine rings is 1. The van der Waals surface area contributed by atoms with Crippen LogP contribution in [0.4, 0.5) is 17.6 Å². The number of hydrogen-bond donors (Lipinski definition) is 0. The van der Waals surface area contributed by atoms with Crippen molar-refractivity contribution in [2.75, 3.05) is 0 Å². The number of nitrogens with zero attached hydrogens (tertiary/aromatic N) is 1. The average Bonchev–Trinajstić information content (AvgIpc) is 2.33. The van der Waals surface area contributed by atoms with Crippen LogP contribution in [-0.4, -0.2) is 4.98 Å². The minimum atomic E-state index is -1.78. The summed E-state index contributed by atoms with van der Waals surface area (Å²) in [6.45, 7) is 0. The van der Waals surface area contributed by atoms with E-state index in [9.17, 15) is 17.6 Å². The van der Waals surface area contributed by atoms with Crippen molar-refractivity contribution in [1.29, 1.82) is 0 Å². The zero-order valence-corrected chi connectivity index (χ0v) is 11.0. The molecule has 0 bridgehead atoms. The summed E-state index contributed by atoms with van der Waals surface area (Å²) in [5.41, 5.74) is -1.32. The number of rotatable bonds is 1. The van der Waals surface area contributed by atoms with Gasteiger partial charge in [0.05, 0.1) is 20.6 Å². The van der Waals surface area contributed by atoms with Crippen molar-refractivity contribution in [1.82, 2.24) is 4.98 Å². The lowest BCUT2D eigenvalue weighted by Gasteiger charge is -2.09. The number of hydrogen-bond acceptors (Lipinski definition) is 1. The lowest BCUT2D eigenvalue weighted by molar-refractivity contribution is 0.410. The van der Waals surface area contributed by atoms with Gasteiger partial charge in [0, 0.05) is 5.56 Å². The Balaban J connectivity index is 2.83. The first-order valence-electron chi connectivity index (χ1n) is 4.67. The first kappa shape index (κ1) is 14.4. The van der Waals surface area contributed by atoms with Gasteiger partial charge in [0.1, 0.15) is 0 Å². The van der Waals surface area contributed by atoms with E-state index in [2.05, 4.69) is 4.98 Å². The third kappa shape index (κ3) is 2.50. The van der Waals surface area contributed by atoms with E-state index in [1.807, 2.05) is 0 Å². The molecule has 0 spiro atoms. The number of aromatic nitrogens is 1. The highest BCUT2D eigenvalue weighted by Crippen LogP contribution is 2.38. The Morgan fingerprint density at radius 2 is 1.21 bits per heavy atom. The SMILES string of the molecule is Fc1nc(F)c(F)c(-c2cc(Cl)c(Cl)cc2Cl)c1F. The van der Waals surface area contributed by atoms with Gasteiger partial charge in [-0.3, -0.25) is 0 Å². The molecule has 0 atom stereocenters. The second-order valence-electron chi connectivity index (χ2n) is 3.44. The van der Waals surface area contributed by atoms with Gasteiger partial charge in [-0.05, 0) is 12.1 Å². The van der Waals surface area contributed by atoms with E-state index in [4.69, 9.17) is 34.8 Å². The summed E-state index contributed by atoms with van der Waals surface area (Å²) in [5, 5.41) is -0.249. The fourth-order valence-electron chi connectivity index (χ4n) is 1.44. The maximum atomic E-state index is 13.6. The summed E-state index contributed by atoms with van der Waals surface area (Å²) < 4.78 is 53.2. The maximum Gasteiger partial charge on any atom is 0.252 e. The monoisotopic (exact) mass is 329 g/mol. The van der Waals surface area contributed by atoms with Gasteiger partial charge in [0.25, 0.3) is 11.9 Å². The van der Waals surface area contributed by atoms with Crippen LogP contribution in [0.3, 0.4) is 0 Å². The fraction of sp³-hybridized carbons (Fsp3) is 0. The van der Waals surface area contributed by atoms with Crippen molar-refractivity contribution in [2.24, 2.45) is 0 Å². The van der Waals surface area contributed by atoms with Crippen molar-refractivity contribution in [3.8, 4) is 11.1 Å². The van der Waals surface area contributed by atoms with Crippen LogP contribution in [-0.2, 0) is 0 Å². The van der Waals surface area contributed by atoms with Crippen molar-refractivity contribution in [2.45, 2.75) is 0 Å². The van der Waals surface area contributed by atoms with E-state index in [1.165, 1.54) is 0 Å².